The molecule has 0 fully saturated rings. The van der Waals surface area contributed by atoms with Gasteiger partial charge in [-0.25, -0.2) is 0 Å². The first-order valence-corrected chi connectivity index (χ1v) is 8.29. The first-order chi connectivity index (χ1) is 10.2. The van der Waals surface area contributed by atoms with Crippen LogP contribution in [0.1, 0.15) is 30.0 Å². The molecule has 112 valence electrons. The number of nitrogens with two attached hydrogens (primary N) is 1. The molecule has 3 nitrogen and oxygen atoms in total. The molecular weight excluding hydrogens is 328 g/mol. The lowest BCUT2D eigenvalue weighted by Gasteiger charge is -2.10. The van der Waals surface area contributed by atoms with Crippen molar-refractivity contribution in [1.29, 1.82) is 0 Å². The third kappa shape index (κ3) is 3.33. The molecule has 0 saturated heterocycles. The molecule has 1 atom stereocenters. The van der Waals surface area contributed by atoms with Gasteiger partial charge in [0, 0.05) is 34.9 Å². The number of hydrogen-bond acceptors (Lipinski definition) is 2. The van der Waals surface area contributed by atoms with E-state index in [9.17, 15) is 0 Å². The van der Waals surface area contributed by atoms with E-state index in [1.54, 1.807) is 0 Å². The predicted octanol–water partition coefficient (Wildman–Crippen LogP) is 3.51. The quantitative estimate of drug-likeness (QED) is 0.897. The molecule has 0 spiro atoms. The zero-order valence-electron chi connectivity index (χ0n) is 12.3. The molecule has 0 radical (unpaired) electrons. The summed E-state index contributed by atoms with van der Waals surface area (Å²) >= 11 is 3.60. The molecule has 21 heavy (non-hydrogen) atoms. The summed E-state index contributed by atoms with van der Waals surface area (Å²) in [6.45, 7) is 3.76. The Hall–Kier alpha value is -1.26. The number of hydrogen-bond donors (Lipinski definition) is 1. The van der Waals surface area contributed by atoms with E-state index in [1.165, 1.54) is 16.7 Å². The molecule has 1 aliphatic heterocycles. The second kappa shape index (κ2) is 6.24. The Balaban J connectivity index is 1.78. The summed E-state index contributed by atoms with van der Waals surface area (Å²) in [7, 11) is 0. The molecule has 1 unspecified atom stereocenters. The average Bonchev–Trinajstić information content (AvgIpc) is 3.07. The van der Waals surface area contributed by atoms with Gasteiger partial charge >= 0.3 is 0 Å². The molecule has 1 aliphatic rings. The Morgan fingerprint density at radius 2 is 2.29 bits per heavy atom. The van der Waals surface area contributed by atoms with Crippen LogP contribution >= 0.6 is 15.9 Å². The smallest absolute Gasteiger partial charge is 0.127 e. The van der Waals surface area contributed by atoms with Crippen LogP contribution in [0.15, 0.2) is 35.1 Å². The minimum absolute atomic E-state index is 0.249. The van der Waals surface area contributed by atoms with Gasteiger partial charge in [0.2, 0.25) is 0 Å². The maximum atomic E-state index is 6.02. The van der Waals surface area contributed by atoms with Crippen molar-refractivity contribution < 1.29 is 4.74 Å². The highest BCUT2D eigenvalue weighted by molar-refractivity contribution is 9.10. The van der Waals surface area contributed by atoms with E-state index in [-0.39, 0.29) is 6.04 Å². The maximum absolute atomic E-state index is 6.02. The van der Waals surface area contributed by atoms with Crippen LogP contribution in [0.4, 0.5) is 0 Å². The van der Waals surface area contributed by atoms with Gasteiger partial charge < -0.3 is 15.0 Å². The van der Waals surface area contributed by atoms with Gasteiger partial charge in [0.15, 0.2) is 0 Å². The third-order valence-corrected chi connectivity index (χ3v) is 4.47. The summed E-state index contributed by atoms with van der Waals surface area (Å²) in [5.41, 5.74) is 9.87. The van der Waals surface area contributed by atoms with Gasteiger partial charge in [0.1, 0.15) is 5.75 Å². The zero-order chi connectivity index (χ0) is 14.8. The average molecular weight is 349 g/mol. The Bertz CT molecular complexity index is 636. The second-order valence-corrected chi connectivity index (χ2v) is 6.63. The minimum atomic E-state index is 0.249. The normalized spacial score (nSPS) is 14.8. The van der Waals surface area contributed by atoms with E-state index >= 15 is 0 Å². The van der Waals surface area contributed by atoms with Crippen LogP contribution in [0.25, 0.3) is 0 Å². The van der Waals surface area contributed by atoms with E-state index in [0.717, 1.165) is 42.6 Å². The lowest BCUT2D eigenvalue weighted by atomic mass is 10.1. The summed E-state index contributed by atoms with van der Waals surface area (Å²) in [5.74, 6) is 1.07. The molecule has 2 N–H and O–H groups in total. The van der Waals surface area contributed by atoms with E-state index in [1.807, 2.05) is 0 Å². The molecular formula is C17H21BrN2O. The predicted molar refractivity (Wildman–Crippen MR) is 88.8 cm³/mol. The van der Waals surface area contributed by atoms with E-state index in [0.29, 0.717) is 0 Å². The van der Waals surface area contributed by atoms with Gasteiger partial charge in [0.25, 0.3) is 0 Å². The molecule has 1 aromatic carbocycles. The van der Waals surface area contributed by atoms with Crippen molar-refractivity contribution in [3.05, 3.63) is 51.8 Å². The monoisotopic (exact) mass is 348 g/mol. The molecule has 2 heterocycles. The number of aromatic nitrogens is 1. The lowest BCUT2D eigenvalue weighted by Crippen LogP contribution is -2.21. The summed E-state index contributed by atoms with van der Waals surface area (Å²) in [6, 6.07) is 6.72. The number of ether oxygens (including phenoxy) is 1. The first kappa shape index (κ1) is 14.7. The second-order valence-electron chi connectivity index (χ2n) is 5.72. The highest BCUT2D eigenvalue weighted by Gasteiger charge is 2.17. The van der Waals surface area contributed by atoms with Crippen LogP contribution in [0.5, 0.6) is 5.75 Å². The fourth-order valence-electron chi connectivity index (χ4n) is 2.82. The fraction of sp³-hybridized carbons (Fsp3) is 0.412. The van der Waals surface area contributed by atoms with Gasteiger partial charge in [-0.05, 0) is 42.2 Å². The summed E-state index contributed by atoms with van der Waals surface area (Å²) in [6.07, 6.45) is 7.27. The van der Waals surface area contributed by atoms with Gasteiger partial charge in [-0.3, -0.25) is 0 Å². The van der Waals surface area contributed by atoms with Gasteiger partial charge in [0.05, 0.1) is 13.2 Å². The standard InChI is InChI=1S/C17H21BrN2O/c1-2-16(19)7-12-3-5-20(10-12)11-14-9-15(18)8-13-4-6-21-17(13)14/h3,5,8-10,16H,2,4,6-7,11,19H2,1H3. The Labute approximate surface area is 134 Å². The summed E-state index contributed by atoms with van der Waals surface area (Å²) in [5, 5.41) is 0. The van der Waals surface area contributed by atoms with Crippen molar-refractivity contribution in [3.8, 4) is 5.75 Å². The molecule has 4 heteroatoms. The number of fused-ring (bicyclic) bond motifs is 1. The molecule has 2 aromatic rings. The number of nitrogens with zero attached hydrogens (tertiary/aromatic N) is 1. The van der Waals surface area contributed by atoms with Crippen LogP contribution in [-0.2, 0) is 19.4 Å². The van der Waals surface area contributed by atoms with Gasteiger partial charge in [-0.2, -0.15) is 0 Å². The molecule has 0 bridgehead atoms. The van der Waals surface area contributed by atoms with Crippen molar-refractivity contribution in [2.45, 2.75) is 38.8 Å². The van der Waals surface area contributed by atoms with E-state index in [2.05, 4.69) is 58.0 Å². The number of halogens is 1. The topological polar surface area (TPSA) is 40.2 Å². The van der Waals surface area contributed by atoms with Gasteiger partial charge in [-0.1, -0.05) is 22.9 Å². The van der Waals surface area contributed by atoms with Crippen LogP contribution in [0.2, 0.25) is 0 Å². The van der Waals surface area contributed by atoms with Crippen LogP contribution in [0.3, 0.4) is 0 Å². The first-order valence-electron chi connectivity index (χ1n) is 7.50. The maximum Gasteiger partial charge on any atom is 0.127 e. The largest absolute Gasteiger partial charge is 0.493 e. The van der Waals surface area contributed by atoms with E-state index < -0.39 is 0 Å². The van der Waals surface area contributed by atoms with Crippen LogP contribution in [0, 0.1) is 0 Å². The Kier molecular flexibility index (Phi) is 4.36. The molecule has 3 rings (SSSR count). The summed E-state index contributed by atoms with van der Waals surface area (Å²) in [4.78, 5) is 0. The van der Waals surface area contributed by atoms with Crippen molar-refractivity contribution in [1.82, 2.24) is 4.57 Å². The highest BCUT2D eigenvalue weighted by Crippen LogP contribution is 2.33. The van der Waals surface area contributed by atoms with Crippen LogP contribution < -0.4 is 10.5 Å². The van der Waals surface area contributed by atoms with Gasteiger partial charge in [-0.15, -0.1) is 0 Å². The zero-order valence-corrected chi connectivity index (χ0v) is 13.9. The Morgan fingerprint density at radius 3 is 3.10 bits per heavy atom. The van der Waals surface area contributed by atoms with Crippen molar-refractivity contribution in [2.75, 3.05) is 6.61 Å². The fourth-order valence-corrected chi connectivity index (χ4v) is 3.37. The molecule has 0 amide bonds. The molecule has 1 aromatic heterocycles. The molecule has 0 saturated carbocycles. The lowest BCUT2D eigenvalue weighted by molar-refractivity contribution is 0.352. The summed E-state index contributed by atoms with van der Waals surface area (Å²) < 4.78 is 9.13. The minimum Gasteiger partial charge on any atom is -0.493 e. The number of benzene rings is 1. The highest BCUT2D eigenvalue weighted by atomic mass is 79.9. The number of rotatable bonds is 5. The van der Waals surface area contributed by atoms with Crippen molar-refractivity contribution in [2.24, 2.45) is 5.73 Å². The third-order valence-electron chi connectivity index (χ3n) is 4.01. The van der Waals surface area contributed by atoms with Crippen molar-refractivity contribution in [3.63, 3.8) is 0 Å². The SMILES string of the molecule is CCC(N)Cc1ccn(Cc2cc(Br)cc3c2OCC3)c1. The molecule has 0 aliphatic carbocycles. The van der Waals surface area contributed by atoms with E-state index in [4.69, 9.17) is 10.5 Å². The van der Waals surface area contributed by atoms with Crippen LogP contribution in [-0.4, -0.2) is 17.2 Å². The van der Waals surface area contributed by atoms with Crippen molar-refractivity contribution >= 4 is 15.9 Å². The Morgan fingerprint density at radius 1 is 1.43 bits per heavy atom.